The zero-order valence-electron chi connectivity index (χ0n) is 11.2. The van der Waals surface area contributed by atoms with Gasteiger partial charge < -0.3 is 4.74 Å². The molecule has 110 valence electrons. The molecule has 1 aromatic rings. The molecule has 1 N–H and O–H groups in total. The third-order valence-corrected chi connectivity index (χ3v) is 4.25. The Morgan fingerprint density at radius 3 is 2.95 bits per heavy atom. The molecule has 0 aromatic carbocycles. The molecule has 2 aliphatic rings. The highest BCUT2D eigenvalue weighted by molar-refractivity contribution is 7.10. The summed E-state index contributed by atoms with van der Waals surface area (Å²) < 4.78 is 5.44. The monoisotopic (exact) mass is 306 g/mol. The van der Waals surface area contributed by atoms with Gasteiger partial charge >= 0.3 is 6.03 Å². The van der Waals surface area contributed by atoms with E-state index in [-0.39, 0.29) is 18.2 Å². The zero-order chi connectivity index (χ0) is 14.8. The average Bonchev–Trinajstić information content (AvgIpc) is 3.13. The summed E-state index contributed by atoms with van der Waals surface area (Å²) in [5.41, 5.74) is -0.0185. The number of carbonyl (C=O) groups excluding carboxylic acids is 3. The van der Waals surface area contributed by atoms with E-state index in [9.17, 15) is 14.4 Å². The van der Waals surface area contributed by atoms with Gasteiger partial charge in [-0.2, -0.15) is 0 Å². The molecule has 3 rings (SSSR count). The van der Waals surface area contributed by atoms with Crippen molar-refractivity contribution in [3.8, 4) is 0 Å². The van der Waals surface area contributed by atoms with E-state index in [1.165, 1.54) is 17.4 Å². The van der Waals surface area contributed by atoms with Crippen LogP contribution in [-0.4, -0.2) is 42.0 Å². The Hall–Kier alpha value is -1.99. The molecular weight excluding hydrogens is 292 g/mol. The first-order valence-electron chi connectivity index (χ1n) is 6.69. The minimum Gasteiger partial charge on any atom is -0.376 e. The number of amides is 4. The topological polar surface area (TPSA) is 75.7 Å². The molecule has 2 saturated heterocycles. The van der Waals surface area contributed by atoms with Gasteiger partial charge in [-0.05, 0) is 30.4 Å². The molecule has 1 aromatic heterocycles. The third kappa shape index (κ3) is 2.88. The third-order valence-electron chi connectivity index (χ3n) is 3.43. The predicted octanol–water partition coefficient (Wildman–Crippen LogP) is 1.39. The van der Waals surface area contributed by atoms with E-state index >= 15 is 0 Å². The Morgan fingerprint density at radius 2 is 2.29 bits per heavy atom. The van der Waals surface area contributed by atoms with Crippen molar-refractivity contribution in [2.24, 2.45) is 0 Å². The van der Waals surface area contributed by atoms with E-state index in [2.05, 4.69) is 5.32 Å². The lowest BCUT2D eigenvalue weighted by Crippen LogP contribution is -2.55. The number of thiophene rings is 1. The van der Waals surface area contributed by atoms with Crippen molar-refractivity contribution in [2.75, 3.05) is 13.2 Å². The highest BCUT2D eigenvalue weighted by atomic mass is 32.1. The summed E-state index contributed by atoms with van der Waals surface area (Å²) >= 11 is 1.42. The molecule has 0 spiro atoms. The van der Waals surface area contributed by atoms with Gasteiger partial charge in [0.1, 0.15) is 5.57 Å². The van der Waals surface area contributed by atoms with Crippen LogP contribution in [0.3, 0.4) is 0 Å². The molecular formula is C14H14N2O4S. The number of rotatable bonds is 3. The second-order valence-corrected chi connectivity index (χ2v) is 5.86. The lowest BCUT2D eigenvalue weighted by Gasteiger charge is -2.28. The fourth-order valence-electron chi connectivity index (χ4n) is 2.37. The first-order valence-corrected chi connectivity index (χ1v) is 7.57. The smallest absolute Gasteiger partial charge is 0.331 e. The summed E-state index contributed by atoms with van der Waals surface area (Å²) in [4.78, 5) is 37.9. The van der Waals surface area contributed by atoms with Crippen LogP contribution < -0.4 is 5.32 Å². The molecule has 4 amide bonds. The van der Waals surface area contributed by atoms with Crippen LogP contribution in [0.15, 0.2) is 23.1 Å². The standard InChI is InChI=1S/C14H14N2O4S/c17-12-11(7-10-4-2-6-21-10)13(18)16(14(19)15-12)8-9-3-1-5-20-9/h2,4,6-7,9H,1,3,5,8H2,(H,15,17,19)/b11-7-/t9-/m0/s1. The van der Waals surface area contributed by atoms with E-state index in [1.807, 2.05) is 11.4 Å². The van der Waals surface area contributed by atoms with Gasteiger partial charge in [0.2, 0.25) is 0 Å². The van der Waals surface area contributed by atoms with Gasteiger partial charge in [-0.15, -0.1) is 11.3 Å². The van der Waals surface area contributed by atoms with Crippen LogP contribution in [0.5, 0.6) is 0 Å². The number of nitrogens with zero attached hydrogens (tertiary/aromatic N) is 1. The van der Waals surface area contributed by atoms with Crippen LogP contribution in [0.4, 0.5) is 4.79 Å². The second-order valence-electron chi connectivity index (χ2n) is 4.88. The maximum Gasteiger partial charge on any atom is 0.331 e. The normalized spacial score (nSPS) is 24.8. The molecule has 0 saturated carbocycles. The van der Waals surface area contributed by atoms with Crippen molar-refractivity contribution in [3.63, 3.8) is 0 Å². The number of nitrogens with one attached hydrogen (secondary N) is 1. The zero-order valence-corrected chi connectivity index (χ0v) is 12.0. The molecule has 0 bridgehead atoms. The van der Waals surface area contributed by atoms with Gasteiger partial charge in [-0.1, -0.05) is 6.07 Å². The predicted molar refractivity (Wildman–Crippen MR) is 76.5 cm³/mol. The number of imide groups is 2. The minimum atomic E-state index is -0.677. The maximum atomic E-state index is 12.4. The molecule has 2 fully saturated rings. The Labute approximate surface area is 125 Å². The first kappa shape index (κ1) is 14.0. The number of hydrogen-bond acceptors (Lipinski definition) is 5. The molecule has 21 heavy (non-hydrogen) atoms. The summed E-state index contributed by atoms with van der Waals surface area (Å²) in [5, 5.41) is 4.06. The number of ether oxygens (including phenoxy) is 1. The molecule has 2 aliphatic heterocycles. The van der Waals surface area contributed by atoms with Crippen molar-refractivity contribution in [1.82, 2.24) is 10.2 Å². The van der Waals surface area contributed by atoms with Gasteiger partial charge in [0.05, 0.1) is 12.6 Å². The minimum absolute atomic E-state index is 0.0185. The fourth-order valence-corrected chi connectivity index (χ4v) is 3.02. The molecule has 6 nitrogen and oxygen atoms in total. The van der Waals surface area contributed by atoms with Gasteiger partial charge in [0.25, 0.3) is 11.8 Å². The molecule has 0 unspecified atom stereocenters. The van der Waals surface area contributed by atoms with E-state index in [0.717, 1.165) is 22.6 Å². The van der Waals surface area contributed by atoms with Crippen LogP contribution >= 0.6 is 11.3 Å². The Balaban J connectivity index is 1.82. The van der Waals surface area contributed by atoms with E-state index in [0.29, 0.717) is 6.61 Å². The second kappa shape index (κ2) is 5.79. The van der Waals surface area contributed by atoms with Crippen molar-refractivity contribution >= 4 is 35.3 Å². The lowest BCUT2D eigenvalue weighted by molar-refractivity contribution is -0.131. The van der Waals surface area contributed by atoms with Crippen LogP contribution in [0, 0.1) is 0 Å². The van der Waals surface area contributed by atoms with Crippen molar-refractivity contribution in [1.29, 1.82) is 0 Å². The van der Waals surface area contributed by atoms with Gasteiger partial charge in [0, 0.05) is 11.5 Å². The Morgan fingerprint density at radius 1 is 1.43 bits per heavy atom. The van der Waals surface area contributed by atoms with Crippen molar-refractivity contribution < 1.29 is 19.1 Å². The summed E-state index contributed by atoms with van der Waals surface area (Å²) in [7, 11) is 0. The fraction of sp³-hybridized carbons (Fsp3) is 0.357. The van der Waals surface area contributed by atoms with Gasteiger partial charge in [0.15, 0.2) is 0 Å². The molecule has 3 heterocycles. The van der Waals surface area contributed by atoms with E-state index < -0.39 is 17.8 Å². The first-order chi connectivity index (χ1) is 10.1. The van der Waals surface area contributed by atoms with E-state index in [4.69, 9.17) is 4.74 Å². The largest absolute Gasteiger partial charge is 0.376 e. The Kier molecular flexibility index (Phi) is 3.85. The van der Waals surface area contributed by atoms with Crippen molar-refractivity contribution in [2.45, 2.75) is 18.9 Å². The molecule has 1 atom stereocenters. The summed E-state index contributed by atoms with van der Waals surface area (Å²) in [6.07, 6.45) is 3.10. The summed E-state index contributed by atoms with van der Waals surface area (Å²) in [6, 6.07) is 2.96. The Bertz CT molecular complexity index is 603. The van der Waals surface area contributed by atoms with Crippen LogP contribution in [-0.2, 0) is 14.3 Å². The average molecular weight is 306 g/mol. The highest BCUT2D eigenvalue weighted by Gasteiger charge is 2.37. The summed E-state index contributed by atoms with van der Waals surface area (Å²) in [6.45, 7) is 0.824. The van der Waals surface area contributed by atoms with Crippen molar-refractivity contribution in [3.05, 3.63) is 28.0 Å². The highest BCUT2D eigenvalue weighted by Crippen LogP contribution is 2.20. The molecule has 7 heteroatoms. The molecule has 0 aliphatic carbocycles. The van der Waals surface area contributed by atoms with Gasteiger partial charge in [-0.25, -0.2) is 4.79 Å². The quantitative estimate of drug-likeness (QED) is 0.676. The SMILES string of the molecule is O=C1NC(=O)N(C[C@@H]2CCCO2)C(=O)/C1=C\c1cccs1. The number of hydrogen-bond donors (Lipinski definition) is 1. The van der Waals surface area contributed by atoms with Crippen LogP contribution in [0.25, 0.3) is 6.08 Å². The number of carbonyl (C=O) groups is 3. The lowest BCUT2D eigenvalue weighted by atomic mass is 10.1. The van der Waals surface area contributed by atoms with Crippen LogP contribution in [0.1, 0.15) is 17.7 Å². The number of urea groups is 1. The summed E-state index contributed by atoms with van der Waals surface area (Å²) in [5.74, 6) is -1.21. The van der Waals surface area contributed by atoms with Gasteiger partial charge in [-0.3, -0.25) is 19.8 Å². The molecule has 0 radical (unpaired) electrons. The van der Waals surface area contributed by atoms with E-state index in [1.54, 1.807) is 6.07 Å². The number of barbiturate groups is 1. The van der Waals surface area contributed by atoms with Crippen LogP contribution in [0.2, 0.25) is 0 Å². The maximum absolute atomic E-state index is 12.4.